The Bertz CT molecular complexity index is 1680. The number of aryl methyl sites for hydroxylation is 1. The number of hydrogen-bond acceptors (Lipinski definition) is 11. The number of para-hydroxylation sites is 1. The quantitative estimate of drug-likeness (QED) is 0.302. The van der Waals surface area contributed by atoms with Crippen molar-refractivity contribution in [3.8, 4) is 6.07 Å². The molecule has 1 aromatic carbocycles. The summed E-state index contributed by atoms with van der Waals surface area (Å²) in [6.45, 7) is 6.04. The highest BCUT2D eigenvalue weighted by Crippen LogP contribution is 2.51. The first-order valence-electron chi connectivity index (χ1n) is 12.6. The number of carboxylic acid groups (broad SMARTS) is 1. The van der Waals surface area contributed by atoms with Crippen LogP contribution in [0.25, 0.3) is 0 Å². The fourth-order valence-electron chi connectivity index (χ4n) is 5.06. The van der Waals surface area contributed by atoms with Crippen LogP contribution in [0, 0.1) is 23.7 Å². The minimum absolute atomic E-state index is 0.00486. The summed E-state index contributed by atoms with van der Waals surface area (Å²) in [4.78, 5) is 41.3. The minimum Gasteiger partial charge on any atom is -0.478 e. The van der Waals surface area contributed by atoms with Crippen LogP contribution in [0.2, 0.25) is 0 Å². The average Bonchev–Trinajstić information content (AvgIpc) is 3.55. The van der Waals surface area contributed by atoms with Gasteiger partial charge in [0, 0.05) is 27.4 Å². The van der Waals surface area contributed by atoms with Gasteiger partial charge in [0.1, 0.15) is 5.82 Å². The molecular formula is C28H26N6O4S3. The molecular weight excluding hydrogens is 581 g/mol. The number of nitrogens with one attached hydrogen (secondary N) is 1. The van der Waals surface area contributed by atoms with E-state index >= 15 is 0 Å². The Labute approximate surface area is 248 Å². The maximum atomic E-state index is 13.6. The summed E-state index contributed by atoms with van der Waals surface area (Å²) in [7, 11) is 0. The standard InChI is InChI=1S/C28H26N6O4S3/c1-14-8-9-20(40-14)22-16(12-29)24(30)34(18-10-28(2,3)11-19(35)23(18)22)26-32-33-27(41-26)39-13-21(36)31-17-7-5-4-6-15(17)25(37)38/h4-9,22H,10-11,13,30H2,1-3H3,(H,31,36)(H,37,38). The number of hydrogen-bond donors (Lipinski definition) is 3. The van der Waals surface area contributed by atoms with Crippen LogP contribution < -0.4 is 16.0 Å². The number of thioether (sulfide) groups is 1. The number of carbonyl (C=O) groups excluding carboxylic acids is 2. The van der Waals surface area contributed by atoms with E-state index in [1.165, 1.54) is 23.5 Å². The predicted octanol–water partition coefficient (Wildman–Crippen LogP) is 5.28. The molecule has 0 bridgehead atoms. The number of ketones is 1. The van der Waals surface area contributed by atoms with Gasteiger partial charge in [-0.05, 0) is 43.0 Å². The lowest BCUT2D eigenvalue weighted by Gasteiger charge is -2.42. The van der Waals surface area contributed by atoms with Gasteiger partial charge < -0.3 is 16.2 Å². The van der Waals surface area contributed by atoms with Crippen molar-refractivity contribution in [2.45, 2.75) is 43.9 Å². The number of nitrogens with zero attached hydrogens (tertiary/aromatic N) is 4. The average molecular weight is 607 g/mol. The Morgan fingerprint density at radius 1 is 1.22 bits per heavy atom. The molecule has 2 aromatic heterocycles. The number of thiophene rings is 1. The molecule has 0 saturated carbocycles. The van der Waals surface area contributed by atoms with Crippen LogP contribution in [0.1, 0.15) is 52.7 Å². The lowest BCUT2D eigenvalue weighted by Crippen LogP contribution is -2.42. The number of carbonyl (C=O) groups is 3. The second-order valence-corrected chi connectivity index (χ2v) is 14.0. The molecule has 1 unspecified atom stereocenters. The smallest absolute Gasteiger partial charge is 0.337 e. The molecule has 1 aliphatic heterocycles. The summed E-state index contributed by atoms with van der Waals surface area (Å²) in [5, 5.41) is 31.1. The Morgan fingerprint density at radius 3 is 2.66 bits per heavy atom. The molecule has 3 aromatic rings. The van der Waals surface area contributed by atoms with E-state index in [0.717, 1.165) is 27.2 Å². The number of Topliss-reactive ketones (excluding diaryl/α,β-unsaturated/α-hetero) is 1. The Kier molecular flexibility index (Phi) is 7.74. The molecule has 1 atom stereocenters. The zero-order valence-electron chi connectivity index (χ0n) is 22.4. The highest BCUT2D eigenvalue weighted by molar-refractivity contribution is 8.01. The Hall–Kier alpha value is -3.99. The molecule has 1 amide bonds. The number of anilines is 2. The number of aromatic carboxylic acids is 1. The summed E-state index contributed by atoms with van der Waals surface area (Å²) in [6, 6.07) is 12.3. The van der Waals surface area contributed by atoms with E-state index in [2.05, 4.69) is 21.6 Å². The van der Waals surface area contributed by atoms with Crippen LogP contribution in [-0.2, 0) is 9.59 Å². The van der Waals surface area contributed by atoms with Crippen molar-refractivity contribution >= 4 is 62.9 Å². The van der Waals surface area contributed by atoms with Gasteiger partial charge in [0.05, 0.1) is 34.6 Å². The number of amides is 1. The number of nitrogens with two attached hydrogens (primary N) is 1. The Morgan fingerprint density at radius 2 is 1.98 bits per heavy atom. The summed E-state index contributed by atoms with van der Waals surface area (Å²) in [5.74, 6) is -1.91. The number of allylic oxidation sites excluding steroid dienone is 3. The first-order chi connectivity index (χ1) is 19.5. The van der Waals surface area contributed by atoms with E-state index in [4.69, 9.17) is 5.73 Å². The van der Waals surface area contributed by atoms with Crippen molar-refractivity contribution < 1.29 is 19.5 Å². The SMILES string of the molecule is Cc1ccc(C2C(C#N)=C(N)N(c3nnc(SCC(=O)Nc4ccccc4C(=O)O)s3)C3=C2C(=O)CC(C)(C)C3)s1. The predicted molar refractivity (Wildman–Crippen MR) is 159 cm³/mol. The normalized spacial score (nSPS) is 18.2. The zero-order valence-corrected chi connectivity index (χ0v) is 24.9. The van der Waals surface area contributed by atoms with Gasteiger partial charge >= 0.3 is 5.97 Å². The van der Waals surface area contributed by atoms with Crippen molar-refractivity contribution in [3.05, 3.63) is 74.4 Å². The van der Waals surface area contributed by atoms with Crippen LogP contribution in [0.5, 0.6) is 0 Å². The van der Waals surface area contributed by atoms with Gasteiger partial charge in [-0.3, -0.25) is 14.5 Å². The lowest BCUT2D eigenvalue weighted by molar-refractivity contribution is -0.118. The third kappa shape index (κ3) is 5.63. The third-order valence-corrected chi connectivity index (χ3v) is 9.88. The largest absolute Gasteiger partial charge is 0.478 e. The second kappa shape index (κ2) is 11.1. The van der Waals surface area contributed by atoms with E-state index in [9.17, 15) is 24.8 Å². The minimum atomic E-state index is -1.14. The van der Waals surface area contributed by atoms with E-state index in [1.54, 1.807) is 28.4 Å². The van der Waals surface area contributed by atoms with E-state index in [0.29, 0.717) is 33.5 Å². The molecule has 0 fully saturated rings. The number of aromatic nitrogens is 2. The van der Waals surface area contributed by atoms with Gasteiger partial charge in [0.15, 0.2) is 10.1 Å². The van der Waals surface area contributed by atoms with Gasteiger partial charge in [-0.25, -0.2) is 4.79 Å². The van der Waals surface area contributed by atoms with Crippen molar-refractivity contribution in [1.29, 1.82) is 5.26 Å². The number of carboxylic acids is 1. The molecule has 2 aliphatic rings. The molecule has 3 heterocycles. The molecule has 0 spiro atoms. The zero-order chi connectivity index (χ0) is 29.5. The van der Waals surface area contributed by atoms with Crippen LogP contribution in [-0.4, -0.2) is 38.7 Å². The lowest BCUT2D eigenvalue weighted by atomic mass is 9.70. The molecule has 10 nitrogen and oxygen atoms in total. The molecule has 4 N–H and O–H groups in total. The van der Waals surface area contributed by atoms with Crippen molar-refractivity contribution in [2.24, 2.45) is 11.1 Å². The Balaban J connectivity index is 1.44. The molecule has 0 radical (unpaired) electrons. The summed E-state index contributed by atoms with van der Waals surface area (Å²) in [5.41, 5.74) is 8.12. The molecule has 210 valence electrons. The summed E-state index contributed by atoms with van der Waals surface area (Å²) < 4.78 is 0.479. The molecule has 13 heteroatoms. The maximum Gasteiger partial charge on any atom is 0.337 e. The molecule has 5 rings (SSSR count). The van der Waals surface area contributed by atoms with Crippen LogP contribution >= 0.6 is 34.4 Å². The monoisotopic (exact) mass is 606 g/mol. The summed E-state index contributed by atoms with van der Waals surface area (Å²) >= 11 is 3.88. The van der Waals surface area contributed by atoms with Gasteiger partial charge in [0.2, 0.25) is 11.0 Å². The van der Waals surface area contributed by atoms with E-state index in [1.807, 2.05) is 32.9 Å². The van der Waals surface area contributed by atoms with Crippen LogP contribution in [0.4, 0.5) is 10.8 Å². The van der Waals surface area contributed by atoms with Gasteiger partial charge in [-0.15, -0.1) is 21.5 Å². The highest BCUT2D eigenvalue weighted by atomic mass is 32.2. The summed E-state index contributed by atoms with van der Waals surface area (Å²) in [6.07, 6.45) is 0.915. The molecule has 1 aliphatic carbocycles. The van der Waals surface area contributed by atoms with Gasteiger partial charge in [0.25, 0.3) is 0 Å². The molecule has 0 saturated heterocycles. The maximum absolute atomic E-state index is 13.6. The fraction of sp³-hybridized carbons (Fsp3) is 0.286. The number of rotatable bonds is 7. The number of benzene rings is 1. The molecule has 41 heavy (non-hydrogen) atoms. The van der Waals surface area contributed by atoms with Crippen LogP contribution in [0.15, 0.2) is 63.4 Å². The second-order valence-electron chi connectivity index (χ2n) is 10.5. The topological polar surface area (TPSA) is 162 Å². The van der Waals surface area contributed by atoms with Crippen molar-refractivity contribution in [3.63, 3.8) is 0 Å². The van der Waals surface area contributed by atoms with Crippen molar-refractivity contribution in [1.82, 2.24) is 10.2 Å². The highest BCUT2D eigenvalue weighted by Gasteiger charge is 2.45. The fourth-order valence-corrected chi connectivity index (χ4v) is 7.74. The van der Waals surface area contributed by atoms with Gasteiger partial charge in [-0.2, -0.15) is 5.26 Å². The number of nitriles is 1. The van der Waals surface area contributed by atoms with E-state index in [-0.39, 0.29) is 34.0 Å². The van der Waals surface area contributed by atoms with E-state index < -0.39 is 17.8 Å². The first-order valence-corrected chi connectivity index (χ1v) is 15.2. The first kappa shape index (κ1) is 28.5. The third-order valence-electron chi connectivity index (χ3n) is 6.77. The van der Waals surface area contributed by atoms with Crippen LogP contribution in [0.3, 0.4) is 0 Å². The van der Waals surface area contributed by atoms with Gasteiger partial charge in [-0.1, -0.05) is 49.1 Å². The van der Waals surface area contributed by atoms with Crippen molar-refractivity contribution in [2.75, 3.05) is 16.0 Å².